The van der Waals surface area contributed by atoms with Crippen LogP contribution >= 0.6 is 0 Å². The van der Waals surface area contributed by atoms with Crippen LogP contribution in [0.15, 0.2) is 34.9 Å². The number of carbonyl (C=O) groups is 1. The fraction of sp³-hybridized carbons (Fsp3) is 0.0909. The molecule has 2 heterocycles. The Labute approximate surface area is 86.2 Å². The smallest absolute Gasteiger partial charge is 0.337 e. The summed E-state index contributed by atoms with van der Waals surface area (Å²) in [7, 11) is 0. The SMILES string of the molecule is Cc1nc(-c2ccco2)ccc1C(=O)O. The zero-order chi connectivity index (χ0) is 10.8. The molecule has 0 aliphatic carbocycles. The first kappa shape index (κ1) is 9.45. The molecule has 15 heavy (non-hydrogen) atoms. The summed E-state index contributed by atoms with van der Waals surface area (Å²) in [6.45, 7) is 1.66. The second kappa shape index (κ2) is 3.57. The number of rotatable bonds is 2. The summed E-state index contributed by atoms with van der Waals surface area (Å²) < 4.78 is 5.16. The number of furan rings is 1. The molecule has 1 N–H and O–H groups in total. The summed E-state index contributed by atoms with van der Waals surface area (Å²) in [6, 6.07) is 6.71. The molecule has 0 saturated carbocycles. The van der Waals surface area contributed by atoms with E-state index in [0.717, 1.165) is 0 Å². The summed E-state index contributed by atoms with van der Waals surface area (Å²) in [5.74, 6) is -0.332. The second-order valence-electron chi connectivity index (χ2n) is 3.11. The summed E-state index contributed by atoms with van der Waals surface area (Å²) in [6.07, 6.45) is 1.55. The minimum atomic E-state index is -0.967. The summed E-state index contributed by atoms with van der Waals surface area (Å²) in [4.78, 5) is 14.9. The molecule has 0 aliphatic heterocycles. The Morgan fingerprint density at radius 1 is 1.40 bits per heavy atom. The lowest BCUT2D eigenvalue weighted by Gasteiger charge is -2.01. The Kier molecular flexibility index (Phi) is 2.25. The van der Waals surface area contributed by atoms with Crippen molar-refractivity contribution in [3.05, 3.63) is 41.8 Å². The predicted molar refractivity (Wildman–Crippen MR) is 53.6 cm³/mol. The second-order valence-corrected chi connectivity index (χ2v) is 3.11. The topological polar surface area (TPSA) is 63.3 Å². The van der Waals surface area contributed by atoms with Gasteiger partial charge in [0.15, 0.2) is 5.76 Å². The molecule has 0 amide bonds. The number of aryl methyl sites for hydroxylation is 1. The number of aromatic carboxylic acids is 1. The number of pyridine rings is 1. The maximum absolute atomic E-state index is 10.8. The van der Waals surface area contributed by atoms with E-state index in [1.54, 1.807) is 31.4 Å². The van der Waals surface area contributed by atoms with Gasteiger partial charge in [0.05, 0.1) is 17.5 Å². The molecule has 2 aromatic rings. The van der Waals surface area contributed by atoms with E-state index in [1.807, 2.05) is 0 Å². The van der Waals surface area contributed by atoms with Gasteiger partial charge in [0.2, 0.25) is 0 Å². The maximum Gasteiger partial charge on any atom is 0.337 e. The molecule has 0 spiro atoms. The van der Waals surface area contributed by atoms with Crippen LogP contribution in [0.25, 0.3) is 11.5 Å². The van der Waals surface area contributed by atoms with E-state index in [4.69, 9.17) is 9.52 Å². The highest BCUT2D eigenvalue weighted by Gasteiger charge is 2.10. The first-order valence-corrected chi connectivity index (χ1v) is 4.43. The average molecular weight is 203 g/mol. The first-order chi connectivity index (χ1) is 7.18. The van der Waals surface area contributed by atoms with Crippen molar-refractivity contribution in [3.8, 4) is 11.5 Å². The highest BCUT2D eigenvalue weighted by molar-refractivity contribution is 5.89. The van der Waals surface area contributed by atoms with Crippen molar-refractivity contribution in [3.63, 3.8) is 0 Å². The van der Waals surface area contributed by atoms with Crippen LogP contribution in [-0.2, 0) is 0 Å². The molecule has 0 unspecified atom stereocenters. The van der Waals surface area contributed by atoms with Gasteiger partial charge >= 0.3 is 5.97 Å². The van der Waals surface area contributed by atoms with Crippen LogP contribution < -0.4 is 0 Å². The van der Waals surface area contributed by atoms with Gasteiger partial charge in [-0.05, 0) is 31.2 Å². The first-order valence-electron chi connectivity index (χ1n) is 4.43. The summed E-state index contributed by atoms with van der Waals surface area (Å²) in [5.41, 5.74) is 1.34. The van der Waals surface area contributed by atoms with Crippen LogP contribution in [0.1, 0.15) is 16.1 Å². The van der Waals surface area contributed by atoms with E-state index >= 15 is 0 Å². The number of carboxylic acid groups (broad SMARTS) is 1. The highest BCUT2D eigenvalue weighted by atomic mass is 16.4. The zero-order valence-electron chi connectivity index (χ0n) is 8.10. The van der Waals surface area contributed by atoms with E-state index in [0.29, 0.717) is 17.1 Å². The van der Waals surface area contributed by atoms with Gasteiger partial charge in [-0.1, -0.05) is 0 Å². The van der Waals surface area contributed by atoms with Gasteiger partial charge in [-0.3, -0.25) is 0 Å². The van der Waals surface area contributed by atoms with Crippen molar-refractivity contribution in [1.82, 2.24) is 4.98 Å². The molecule has 0 aromatic carbocycles. The van der Waals surface area contributed by atoms with E-state index < -0.39 is 5.97 Å². The van der Waals surface area contributed by atoms with Crippen LogP contribution in [0.4, 0.5) is 0 Å². The lowest BCUT2D eigenvalue weighted by atomic mass is 10.1. The number of hydrogen-bond donors (Lipinski definition) is 1. The molecule has 4 nitrogen and oxygen atoms in total. The summed E-state index contributed by atoms with van der Waals surface area (Å²) in [5, 5.41) is 8.82. The molecule has 0 saturated heterocycles. The lowest BCUT2D eigenvalue weighted by Crippen LogP contribution is -2.01. The highest BCUT2D eigenvalue weighted by Crippen LogP contribution is 2.19. The minimum Gasteiger partial charge on any atom is -0.478 e. The van der Waals surface area contributed by atoms with Crippen LogP contribution in [-0.4, -0.2) is 16.1 Å². The fourth-order valence-corrected chi connectivity index (χ4v) is 1.35. The third kappa shape index (κ3) is 1.74. The molecule has 0 aliphatic rings. The lowest BCUT2D eigenvalue weighted by molar-refractivity contribution is 0.0695. The van der Waals surface area contributed by atoms with Crippen molar-refractivity contribution in [2.45, 2.75) is 6.92 Å². The standard InChI is InChI=1S/C11H9NO3/c1-7-8(11(13)14)4-5-9(12-7)10-3-2-6-15-10/h2-6H,1H3,(H,13,14). The quantitative estimate of drug-likeness (QED) is 0.813. The van der Waals surface area contributed by atoms with Crippen molar-refractivity contribution < 1.29 is 14.3 Å². The molecule has 4 heteroatoms. The molecule has 0 radical (unpaired) electrons. The van der Waals surface area contributed by atoms with Crippen molar-refractivity contribution in [2.24, 2.45) is 0 Å². The van der Waals surface area contributed by atoms with Gasteiger partial charge in [0, 0.05) is 0 Å². The largest absolute Gasteiger partial charge is 0.478 e. The molecule has 0 fully saturated rings. The van der Waals surface area contributed by atoms with Gasteiger partial charge in [-0.2, -0.15) is 0 Å². The zero-order valence-corrected chi connectivity index (χ0v) is 8.10. The third-order valence-corrected chi connectivity index (χ3v) is 2.09. The van der Waals surface area contributed by atoms with Gasteiger partial charge in [-0.25, -0.2) is 9.78 Å². The Morgan fingerprint density at radius 2 is 2.20 bits per heavy atom. The van der Waals surface area contributed by atoms with Gasteiger partial charge in [0.1, 0.15) is 5.69 Å². The van der Waals surface area contributed by atoms with Crippen molar-refractivity contribution >= 4 is 5.97 Å². The van der Waals surface area contributed by atoms with Gasteiger partial charge in [-0.15, -0.1) is 0 Å². The molecular weight excluding hydrogens is 194 g/mol. The normalized spacial score (nSPS) is 10.2. The molecule has 2 aromatic heterocycles. The van der Waals surface area contributed by atoms with Crippen molar-refractivity contribution in [1.29, 1.82) is 0 Å². The van der Waals surface area contributed by atoms with E-state index in [9.17, 15) is 4.79 Å². The Balaban J connectivity index is 2.47. The molecular formula is C11H9NO3. The Hall–Kier alpha value is -2.10. The minimum absolute atomic E-state index is 0.213. The molecule has 0 bridgehead atoms. The van der Waals surface area contributed by atoms with Crippen LogP contribution in [0, 0.1) is 6.92 Å². The van der Waals surface area contributed by atoms with Gasteiger partial charge < -0.3 is 9.52 Å². The maximum atomic E-state index is 10.8. The van der Waals surface area contributed by atoms with E-state index in [1.165, 1.54) is 6.07 Å². The van der Waals surface area contributed by atoms with Gasteiger partial charge in [0.25, 0.3) is 0 Å². The van der Waals surface area contributed by atoms with Crippen molar-refractivity contribution in [2.75, 3.05) is 0 Å². The van der Waals surface area contributed by atoms with Crippen LogP contribution in [0.5, 0.6) is 0 Å². The average Bonchev–Trinajstić information content (AvgIpc) is 2.69. The third-order valence-electron chi connectivity index (χ3n) is 2.09. The summed E-state index contributed by atoms with van der Waals surface area (Å²) >= 11 is 0. The number of hydrogen-bond acceptors (Lipinski definition) is 3. The molecule has 76 valence electrons. The van der Waals surface area contributed by atoms with Crippen LogP contribution in [0.3, 0.4) is 0 Å². The Morgan fingerprint density at radius 3 is 2.73 bits per heavy atom. The van der Waals surface area contributed by atoms with E-state index in [2.05, 4.69) is 4.98 Å². The number of aromatic nitrogens is 1. The van der Waals surface area contributed by atoms with E-state index in [-0.39, 0.29) is 5.56 Å². The number of carboxylic acids is 1. The molecule has 0 atom stereocenters. The Bertz CT molecular complexity index is 489. The number of nitrogens with zero attached hydrogens (tertiary/aromatic N) is 1. The fourth-order valence-electron chi connectivity index (χ4n) is 1.35. The monoisotopic (exact) mass is 203 g/mol. The van der Waals surface area contributed by atoms with Crippen LogP contribution in [0.2, 0.25) is 0 Å². The molecule has 2 rings (SSSR count). The predicted octanol–water partition coefficient (Wildman–Crippen LogP) is 2.35.